The summed E-state index contributed by atoms with van der Waals surface area (Å²) in [6, 6.07) is 4.85. The van der Waals surface area contributed by atoms with E-state index >= 15 is 0 Å². The zero-order valence-electron chi connectivity index (χ0n) is 12.4. The van der Waals surface area contributed by atoms with Crippen LogP contribution in [0.1, 0.15) is 20.3 Å². The van der Waals surface area contributed by atoms with Crippen molar-refractivity contribution < 1.29 is 17.9 Å². The number of hydrogen-bond acceptors (Lipinski definition) is 5. The fourth-order valence-corrected chi connectivity index (χ4v) is 3.14. The second-order valence-corrected chi connectivity index (χ2v) is 6.68. The van der Waals surface area contributed by atoms with Crippen LogP contribution >= 0.6 is 0 Å². The van der Waals surface area contributed by atoms with Crippen LogP contribution in [0.4, 0.5) is 5.69 Å². The van der Waals surface area contributed by atoms with E-state index in [1.165, 1.54) is 0 Å². The lowest BCUT2D eigenvalue weighted by Crippen LogP contribution is -2.29. The highest BCUT2D eigenvalue weighted by Gasteiger charge is 2.20. The lowest BCUT2D eigenvalue weighted by molar-refractivity contribution is 0.146. The van der Waals surface area contributed by atoms with Crippen molar-refractivity contribution in [3.63, 3.8) is 0 Å². The number of ether oxygens (including phenoxy) is 2. The molecule has 2 N–H and O–H groups in total. The summed E-state index contributed by atoms with van der Waals surface area (Å²) in [5.74, 6) is 0.684. The average Bonchev–Trinajstić information content (AvgIpc) is 2.46. The van der Waals surface area contributed by atoms with E-state index in [2.05, 4.69) is 10.0 Å². The van der Waals surface area contributed by atoms with Crippen LogP contribution in [0.15, 0.2) is 23.1 Å². The van der Waals surface area contributed by atoms with Crippen molar-refractivity contribution in [1.29, 1.82) is 0 Å². The van der Waals surface area contributed by atoms with Gasteiger partial charge in [-0.25, -0.2) is 13.1 Å². The minimum atomic E-state index is -3.50. The van der Waals surface area contributed by atoms with Crippen LogP contribution in [0.25, 0.3) is 0 Å². The van der Waals surface area contributed by atoms with Gasteiger partial charge in [0, 0.05) is 19.8 Å². The lowest BCUT2D eigenvalue weighted by atomic mass is 10.2. The molecule has 0 amide bonds. The molecule has 1 heterocycles. The first-order valence-corrected chi connectivity index (χ1v) is 8.63. The summed E-state index contributed by atoms with van der Waals surface area (Å²) >= 11 is 0. The SMILES string of the molecule is CCOCCCNS(=O)(=O)c1ccc2c(c1)NCC(C)O2. The molecule has 7 heteroatoms. The summed E-state index contributed by atoms with van der Waals surface area (Å²) in [5, 5.41) is 3.17. The molecule has 1 aliphatic rings. The van der Waals surface area contributed by atoms with Crippen LogP contribution in [-0.2, 0) is 14.8 Å². The van der Waals surface area contributed by atoms with E-state index < -0.39 is 10.0 Å². The summed E-state index contributed by atoms with van der Waals surface area (Å²) in [6.07, 6.45) is 0.730. The number of hydrogen-bond donors (Lipinski definition) is 2. The van der Waals surface area contributed by atoms with E-state index in [0.717, 1.165) is 0 Å². The zero-order valence-corrected chi connectivity index (χ0v) is 13.2. The van der Waals surface area contributed by atoms with E-state index in [1.807, 2.05) is 13.8 Å². The van der Waals surface area contributed by atoms with Crippen LogP contribution in [0.2, 0.25) is 0 Å². The molecule has 21 heavy (non-hydrogen) atoms. The van der Waals surface area contributed by atoms with E-state index in [-0.39, 0.29) is 11.0 Å². The van der Waals surface area contributed by atoms with Crippen molar-refractivity contribution in [3.05, 3.63) is 18.2 Å². The summed E-state index contributed by atoms with van der Waals surface area (Å²) in [5.41, 5.74) is 0.713. The van der Waals surface area contributed by atoms with E-state index in [1.54, 1.807) is 18.2 Å². The Morgan fingerprint density at radius 2 is 2.29 bits per heavy atom. The molecule has 1 aliphatic heterocycles. The lowest BCUT2D eigenvalue weighted by Gasteiger charge is -2.25. The van der Waals surface area contributed by atoms with Gasteiger partial charge in [0.1, 0.15) is 11.9 Å². The third-order valence-corrected chi connectivity index (χ3v) is 4.59. The molecule has 0 saturated carbocycles. The first kappa shape index (κ1) is 16.1. The molecule has 2 rings (SSSR count). The Bertz CT molecular complexity index is 574. The third-order valence-electron chi connectivity index (χ3n) is 3.13. The zero-order chi connectivity index (χ0) is 15.3. The van der Waals surface area contributed by atoms with E-state index in [9.17, 15) is 8.42 Å². The topological polar surface area (TPSA) is 76.7 Å². The Morgan fingerprint density at radius 1 is 1.48 bits per heavy atom. The monoisotopic (exact) mass is 314 g/mol. The van der Waals surface area contributed by atoms with Crippen LogP contribution < -0.4 is 14.8 Å². The van der Waals surface area contributed by atoms with Crippen molar-refractivity contribution in [3.8, 4) is 5.75 Å². The van der Waals surface area contributed by atoms with Gasteiger partial charge in [0.2, 0.25) is 10.0 Å². The van der Waals surface area contributed by atoms with Gasteiger partial charge in [-0.15, -0.1) is 0 Å². The maximum absolute atomic E-state index is 12.2. The Kier molecular flexibility index (Phi) is 5.44. The average molecular weight is 314 g/mol. The first-order chi connectivity index (χ1) is 10.0. The number of benzene rings is 1. The number of fused-ring (bicyclic) bond motifs is 1. The van der Waals surface area contributed by atoms with Crippen molar-refractivity contribution in [1.82, 2.24) is 4.72 Å². The standard InChI is InChI=1S/C14H22N2O4S/c1-3-19-8-4-7-16-21(17,18)12-5-6-14-13(9-12)15-10-11(2)20-14/h5-6,9,11,15-16H,3-4,7-8,10H2,1-2H3. The molecular formula is C14H22N2O4S. The summed E-state index contributed by atoms with van der Waals surface area (Å²) in [7, 11) is -3.50. The summed E-state index contributed by atoms with van der Waals surface area (Å²) < 4.78 is 37.8. The number of anilines is 1. The van der Waals surface area contributed by atoms with Gasteiger partial charge in [-0.1, -0.05) is 0 Å². The van der Waals surface area contributed by atoms with Gasteiger partial charge in [-0.2, -0.15) is 0 Å². The molecule has 0 bridgehead atoms. The quantitative estimate of drug-likeness (QED) is 0.747. The van der Waals surface area contributed by atoms with Crippen LogP contribution in [-0.4, -0.2) is 40.8 Å². The van der Waals surface area contributed by atoms with E-state index in [4.69, 9.17) is 9.47 Å². The Labute approximate surface area is 125 Å². The van der Waals surface area contributed by atoms with E-state index in [0.29, 0.717) is 44.2 Å². The predicted octanol–water partition coefficient (Wildman–Crippen LogP) is 1.58. The normalized spacial score (nSPS) is 17.7. The Hall–Kier alpha value is -1.31. The van der Waals surface area contributed by atoms with Crippen LogP contribution in [0.5, 0.6) is 5.75 Å². The summed E-state index contributed by atoms with van der Waals surface area (Å²) in [6.45, 7) is 6.09. The predicted molar refractivity (Wildman–Crippen MR) is 81.3 cm³/mol. The highest BCUT2D eigenvalue weighted by Crippen LogP contribution is 2.31. The molecule has 0 radical (unpaired) electrons. The van der Waals surface area contributed by atoms with Gasteiger partial charge in [-0.3, -0.25) is 0 Å². The largest absolute Gasteiger partial charge is 0.487 e. The first-order valence-electron chi connectivity index (χ1n) is 7.15. The van der Waals surface area contributed by atoms with Crippen molar-refractivity contribution >= 4 is 15.7 Å². The van der Waals surface area contributed by atoms with Crippen LogP contribution in [0.3, 0.4) is 0 Å². The molecule has 1 aromatic rings. The van der Waals surface area contributed by atoms with Crippen molar-refractivity contribution in [2.75, 3.05) is 31.6 Å². The van der Waals surface area contributed by atoms with Crippen LogP contribution in [0, 0.1) is 0 Å². The molecule has 0 spiro atoms. The molecule has 118 valence electrons. The molecular weight excluding hydrogens is 292 g/mol. The second-order valence-electron chi connectivity index (χ2n) is 4.92. The minimum Gasteiger partial charge on any atom is -0.487 e. The van der Waals surface area contributed by atoms with Gasteiger partial charge in [0.15, 0.2) is 0 Å². The molecule has 0 fully saturated rings. The Morgan fingerprint density at radius 3 is 3.05 bits per heavy atom. The third kappa shape index (κ3) is 4.33. The Balaban J connectivity index is 2.00. The molecule has 1 aromatic carbocycles. The molecule has 6 nitrogen and oxygen atoms in total. The highest BCUT2D eigenvalue weighted by atomic mass is 32.2. The fourth-order valence-electron chi connectivity index (χ4n) is 2.04. The van der Waals surface area contributed by atoms with Gasteiger partial charge in [0.25, 0.3) is 0 Å². The minimum absolute atomic E-state index is 0.0802. The fraction of sp³-hybridized carbons (Fsp3) is 0.571. The van der Waals surface area contributed by atoms with Crippen molar-refractivity contribution in [2.45, 2.75) is 31.3 Å². The van der Waals surface area contributed by atoms with Gasteiger partial charge in [-0.05, 0) is 38.5 Å². The maximum atomic E-state index is 12.2. The number of rotatable bonds is 7. The van der Waals surface area contributed by atoms with Crippen molar-refractivity contribution in [2.24, 2.45) is 0 Å². The molecule has 0 aromatic heterocycles. The molecule has 0 saturated heterocycles. The molecule has 0 aliphatic carbocycles. The molecule has 1 unspecified atom stereocenters. The highest BCUT2D eigenvalue weighted by molar-refractivity contribution is 7.89. The van der Waals surface area contributed by atoms with Gasteiger partial charge < -0.3 is 14.8 Å². The smallest absolute Gasteiger partial charge is 0.240 e. The summed E-state index contributed by atoms with van der Waals surface area (Å²) in [4.78, 5) is 0.239. The number of nitrogens with one attached hydrogen (secondary N) is 2. The number of sulfonamides is 1. The maximum Gasteiger partial charge on any atom is 0.240 e. The van der Waals surface area contributed by atoms with Gasteiger partial charge >= 0.3 is 0 Å². The molecule has 1 atom stereocenters. The second kappa shape index (κ2) is 7.11. The van der Waals surface area contributed by atoms with Gasteiger partial charge in [0.05, 0.1) is 17.1 Å².